The van der Waals surface area contributed by atoms with E-state index in [0.29, 0.717) is 37.1 Å². The molecule has 0 saturated carbocycles. The Balaban J connectivity index is 1.01. The van der Waals surface area contributed by atoms with Gasteiger partial charge in [0, 0.05) is 44.0 Å². The molecule has 0 aliphatic carbocycles. The molecule has 2 aromatic heterocycles. The van der Waals surface area contributed by atoms with E-state index in [0.717, 1.165) is 43.6 Å². The number of unbranched alkanes of at least 4 members (excludes halogenated alkanes) is 1. The molecule has 234 valence electrons. The van der Waals surface area contributed by atoms with E-state index in [-0.39, 0.29) is 29.6 Å². The topological polar surface area (TPSA) is 103 Å². The van der Waals surface area contributed by atoms with Crippen molar-refractivity contribution in [3.63, 3.8) is 0 Å². The monoisotopic (exact) mass is 633 g/mol. The Hall–Kier alpha value is -4.04. The number of rotatable bonds is 12. The van der Waals surface area contributed by atoms with Gasteiger partial charge < -0.3 is 9.15 Å². The van der Waals surface area contributed by atoms with Crippen LogP contribution in [0.1, 0.15) is 46.8 Å². The van der Waals surface area contributed by atoms with Crippen LogP contribution in [0, 0.1) is 5.82 Å². The molecule has 0 bridgehead atoms. The van der Waals surface area contributed by atoms with Crippen LogP contribution >= 0.6 is 0 Å². The first kappa shape index (κ1) is 31.4. The number of sulfone groups is 1. The molecule has 0 amide bonds. The van der Waals surface area contributed by atoms with Crippen molar-refractivity contribution < 1.29 is 35.1 Å². The van der Waals surface area contributed by atoms with Crippen LogP contribution in [0.25, 0.3) is 12.2 Å². The molecule has 0 N–H and O–H groups in total. The molecule has 0 unspecified atom stereocenters. The number of aromatic nitrogens is 4. The first-order valence-electron chi connectivity index (χ1n) is 14.1. The van der Waals surface area contributed by atoms with Crippen molar-refractivity contribution in [2.24, 2.45) is 0 Å². The highest BCUT2D eigenvalue weighted by Crippen LogP contribution is 2.30. The number of alkyl halides is 3. The second-order valence-electron chi connectivity index (χ2n) is 10.5. The van der Waals surface area contributed by atoms with Crippen LogP contribution in [-0.2, 0) is 42.1 Å². The average Bonchev–Trinajstić information content (AvgIpc) is 3.64. The fourth-order valence-corrected chi connectivity index (χ4v) is 5.91. The lowest BCUT2D eigenvalue weighted by Crippen LogP contribution is -2.39. The zero-order valence-electron chi connectivity index (χ0n) is 23.7. The van der Waals surface area contributed by atoms with Crippen molar-refractivity contribution >= 4 is 22.0 Å². The van der Waals surface area contributed by atoms with Crippen LogP contribution in [0.5, 0.6) is 5.75 Å². The molecule has 1 fully saturated rings. The van der Waals surface area contributed by atoms with Gasteiger partial charge in [0.2, 0.25) is 5.89 Å². The van der Waals surface area contributed by atoms with E-state index in [1.165, 1.54) is 24.0 Å². The molecule has 4 aromatic rings. The number of ether oxygens (including phenoxy) is 1. The average molecular weight is 634 g/mol. The summed E-state index contributed by atoms with van der Waals surface area (Å²) in [6, 6.07) is 10.1. The zero-order valence-corrected chi connectivity index (χ0v) is 24.5. The highest BCUT2D eigenvalue weighted by Gasteiger charge is 2.31. The van der Waals surface area contributed by atoms with E-state index in [1.807, 2.05) is 35.1 Å². The Bertz CT molecular complexity index is 1670. The third-order valence-corrected chi connectivity index (χ3v) is 8.73. The standard InChI is InChI=1S/C30H31F4N5O4S/c31-28-17-24(30(32,33)34)8-6-23(28)7-11-29-35-26(21-43-29)20-42-27-9-4-22(5-10-27)3-1-2-12-39-19-25(36-37-39)18-38-13-15-44(40,41)16-14-38/h4-11,17,19,21H,1-3,12-16,18,20H2/b11-7+. The van der Waals surface area contributed by atoms with Gasteiger partial charge in [0.05, 0.1) is 22.8 Å². The van der Waals surface area contributed by atoms with Gasteiger partial charge in [-0.2, -0.15) is 13.2 Å². The molecular weight excluding hydrogens is 602 g/mol. The number of oxazole rings is 1. The molecule has 1 aliphatic heterocycles. The first-order chi connectivity index (χ1) is 21.0. The van der Waals surface area contributed by atoms with Crippen molar-refractivity contribution in [3.05, 3.63) is 94.7 Å². The predicted octanol–water partition coefficient (Wildman–Crippen LogP) is 5.43. The number of hydrogen-bond donors (Lipinski definition) is 0. The lowest BCUT2D eigenvalue weighted by Gasteiger charge is -2.25. The summed E-state index contributed by atoms with van der Waals surface area (Å²) in [5, 5.41) is 8.41. The summed E-state index contributed by atoms with van der Waals surface area (Å²) in [6.07, 6.45) is 4.15. The summed E-state index contributed by atoms with van der Waals surface area (Å²) in [7, 11) is -2.90. The summed E-state index contributed by atoms with van der Waals surface area (Å²) >= 11 is 0. The van der Waals surface area contributed by atoms with Gasteiger partial charge >= 0.3 is 6.18 Å². The summed E-state index contributed by atoms with van der Waals surface area (Å²) < 4.78 is 88.3. The Kier molecular flexibility index (Phi) is 9.79. The van der Waals surface area contributed by atoms with Gasteiger partial charge in [-0.1, -0.05) is 23.4 Å². The van der Waals surface area contributed by atoms with E-state index in [4.69, 9.17) is 9.15 Å². The van der Waals surface area contributed by atoms with E-state index < -0.39 is 27.4 Å². The molecule has 2 aromatic carbocycles. The lowest BCUT2D eigenvalue weighted by molar-refractivity contribution is -0.137. The van der Waals surface area contributed by atoms with Crippen molar-refractivity contribution in [1.82, 2.24) is 24.9 Å². The largest absolute Gasteiger partial charge is 0.487 e. The Morgan fingerprint density at radius 3 is 2.50 bits per heavy atom. The number of halogens is 4. The molecule has 9 nitrogen and oxygen atoms in total. The second-order valence-corrected chi connectivity index (χ2v) is 12.8. The third-order valence-electron chi connectivity index (χ3n) is 7.12. The third kappa shape index (κ3) is 8.99. The van der Waals surface area contributed by atoms with Crippen molar-refractivity contribution in [2.45, 2.75) is 45.1 Å². The van der Waals surface area contributed by atoms with Gasteiger partial charge in [-0.15, -0.1) is 5.10 Å². The smallest absolute Gasteiger partial charge is 0.416 e. The minimum atomic E-state index is -4.61. The van der Waals surface area contributed by atoms with Crippen LogP contribution in [0.15, 0.2) is 59.3 Å². The van der Waals surface area contributed by atoms with E-state index in [9.17, 15) is 26.0 Å². The highest BCUT2D eigenvalue weighted by molar-refractivity contribution is 7.91. The van der Waals surface area contributed by atoms with Crippen LogP contribution in [0.2, 0.25) is 0 Å². The number of benzene rings is 2. The first-order valence-corrected chi connectivity index (χ1v) is 15.9. The van der Waals surface area contributed by atoms with Gasteiger partial charge in [0.1, 0.15) is 30.1 Å². The van der Waals surface area contributed by atoms with Crippen molar-refractivity contribution in [2.75, 3.05) is 24.6 Å². The fourth-order valence-electron chi connectivity index (χ4n) is 4.64. The van der Waals surface area contributed by atoms with E-state index in [1.54, 1.807) is 0 Å². The fraction of sp³-hybridized carbons (Fsp3) is 0.367. The van der Waals surface area contributed by atoms with Gasteiger partial charge in [0.25, 0.3) is 0 Å². The molecule has 44 heavy (non-hydrogen) atoms. The van der Waals surface area contributed by atoms with Crippen LogP contribution in [0.3, 0.4) is 0 Å². The molecule has 14 heteroatoms. The molecular formula is C30H31F4N5O4S. The van der Waals surface area contributed by atoms with Crippen LogP contribution in [0.4, 0.5) is 17.6 Å². The molecule has 1 aliphatic rings. The molecule has 1 saturated heterocycles. The highest BCUT2D eigenvalue weighted by atomic mass is 32.2. The van der Waals surface area contributed by atoms with Crippen molar-refractivity contribution in [1.29, 1.82) is 0 Å². The predicted molar refractivity (Wildman–Crippen MR) is 154 cm³/mol. The van der Waals surface area contributed by atoms with E-state index in [2.05, 4.69) is 20.2 Å². The summed E-state index contributed by atoms with van der Waals surface area (Å²) in [4.78, 5) is 6.32. The molecule has 5 rings (SSSR count). The zero-order chi connectivity index (χ0) is 31.2. The maximum Gasteiger partial charge on any atom is 0.416 e. The number of nitrogens with zero attached hydrogens (tertiary/aromatic N) is 5. The van der Waals surface area contributed by atoms with Gasteiger partial charge in [0.15, 0.2) is 9.84 Å². The molecule has 3 heterocycles. The van der Waals surface area contributed by atoms with Crippen LogP contribution < -0.4 is 4.74 Å². The summed E-state index contributed by atoms with van der Waals surface area (Å²) in [5.74, 6) is 0.212. The number of hydrogen-bond acceptors (Lipinski definition) is 8. The van der Waals surface area contributed by atoms with Gasteiger partial charge in [-0.25, -0.2) is 17.8 Å². The maximum absolute atomic E-state index is 14.0. The van der Waals surface area contributed by atoms with Gasteiger partial charge in [-0.3, -0.25) is 9.58 Å². The molecule has 0 atom stereocenters. The minimum absolute atomic E-state index is 0.0208. The lowest BCUT2D eigenvalue weighted by atomic mass is 10.1. The number of aryl methyl sites for hydroxylation is 2. The Labute approximate surface area is 252 Å². The molecule has 0 radical (unpaired) electrons. The SMILES string of the molecule is O=S1(=O)CCN(Cc2cn(CCCCc3ccc(OCc4coc(/C=C/c5ccc(C(F)(F)F)cc5F)n4)cc3)nn2)CC1. The van der Waals surface area contributed by atoms with E-state index >= 15 is 0 Å². The minimum Gasteiger partial charge on any atom is -0.487 e. The van der Waals surface area contributed by atoms with Gasteiger partial charge in [-0.05, 0) is 55.2 Å². The van der Waals surface area contributed by atoms with Crippen LogP contribution in [-0.4, -0.2) is 57.9 Å². The quantitative estimate of drug-likeness (QED) is 0.150. The maximum atomic E-state index is 14.0. The summed E-state index contributed by atoms with van der Waals surface area (Å²) in [5.41, 5.74) is 1.43. The molecule has 0 spiro atoms. The Morgan fingerprint density at radius 2 is 1.77 bits per heavy atom. The second kappa shape index (κ2) is 13.7. The van der Waals surface area contributed by atoms with Crippen molar-refractivity contribution in [3.8, 4) is 5.75 Å². The normalized spacial score (nSPS) is 15.6. The summed E-state index contributed by atoms with van der Waals surface area (Å²) in [6.45, 7) is 2.54. The Morgan fingerprint density at radius 1 is 1.00 bits per heavy atom.